The molecule has 0 aliphatic carbocycles. The van der Waals surface area contributed by atoms with E-state index in [-0.39, 0.29) is 18.1 Å². The van der Waals surface area contributed by atoms with Crippen LogP contribution in [0.2, 0.25) is 0 Å². The number of hydrogen-bond donors (Lipinski definition) is 2. The minimum absolute atomic E-state index is 0.117. The van der Waals surface area contributed by atoms with Gasteiger partial charge in [0, 0.05) is 7.11 Å². The Morgan fingerprint density at radius 2 is 1.91 bits per heavy atom. The maximum Gasteiger partial charge on any atom is 0.225 e. The second-order valence-electron chi connectivity index (χ2n) is 5.53. The Hall–Kier alpha value is -2.33. The molecule has 116 valence electrons. The number of carbonyl (C=O) groups excluding carboxylic acids is 1. The summed E-state index contributed by atoms with van der Waals surface area (Å²) in [6.45, 7) is 2.31. The third-order valence-corrected chi connectivity index (χ3v) is 3.53. The van der Waals surface area contributed by atoms with Crippen LogP contribution in [0.4, 0.5) is 0 Å². The van der Waals surface area contributed by atoms with Crippen molar-refractivity contribution in [2.45, 2.75) is 18.9 Å². The Balaban J connectivity index is 2.12. The summed E-state index contributed by atoms with van der Waals surface area (Å²) in [5.74, 6) is 0.0435. The first-order valence-corrected chi connectivity index (χ1v) is 7.17. The van der Waals surface area contributed by atoms with Crippen molar-refractivity contribution in [1.29, 1.82) is 0 Å². The van der Waals surface area contributed by atoms with Crippen molar-refractivity contribution < 1.29 is 14.6 Å². The third-order valence-electron chi connectivity index (χ3n) is 3.53. The molecule has 0 aromatic heterocycles. The van der Waals surface area contributed by atoms with Gasteiger partial charge in [-0.05, 0) is 30.2 Å². The highest BCUT2D eigenvalue weighted by Crippen LogP contribution is 2.21. The molecule has 0 aliphatic rings. The SMILES string of the molecule is COC[C@](C)(NC(=O)Cc1cccc(O)c1)c1ccccc1. The summed E-state index contributed by atoms with van der Waals surface area (Å²) in [5.41, 5.74) is 1.16. The molecule has 1 amide bonds. The molecule has 2 N–H and O–H groups in total. The van der Waals surface area contributed by atoms with Gasteiger partial charge in [0.05, 0.1) is 18.6 Å². The highest BCUT2D eigenvalue weighted by atomic mass is 16.5. The van der Waals surface area contributed by atoms with Crippen LogP contribution in [-0.4, -0.2) is 24.7 Å². The summed E-state index contributed by atoms with van der Waals surface area (Å²) >= 11 is 0. The second-order valence-corrected chi connectivity index (χ2v) is 5.53. The first kappa shape index (κ1) is 16.0. The van der Waals surface area contributed by atoms with Crippen LogP contribution >= 0.6 is 0 Å². The molecule has 0 bridgehead atoms. The van der Waals surface area contributed by atoms with Crippen molar-refractivity contribution in [1.82, 2.24) is 5.32 Å². The van der Waals surface area contributed by atoms with Crippen LogP contribution in [0.1, 0.15) is 18.1 Å². The predicted octanol–water partition coefficient (Wildman–Crippen LogP) is 2.61. The topological polar surface area (TPSA) is 58.6 Å². The lowest BCUT2D eigenvalue weighted by Gasteiger charge is -2.30. The molecule has 4 nitrogen and oxygen atoms in total. The molecule has 1 atom stereocenters. The first-order chi connectivity index (χ1) is 10.5. The average Bonchev–Trinajstić information content (AvgIpc) is 2.48. The number of nitrogens with one attached hydrogen (secondary N) is 1. The van der Waals surface area contributed by atoms with Crippen LogP contribution in [0.3, 0.4) is 0 Å². The molecule has 0 spiro atoms. The Morgan fingerprint density at radius 1 is 1.18 bits per heavy atom. The zero-order chi connectivity index (χ0) is 16.0. The van der Waals surface area contributed by atoms with E-state index in [0.29, 0.717) is 6.61 Å². The van der Waals surface area contributed by atoms with Gasteiger partial charge in [-0.3, -0.25) is 4.79 Å². The summed E-state index contributed by atoms with van der Waals surface area (Å²) in [5, 5.41) is 12.5. The zero-order valence-electron chi connectivity index (χ0n) is 12.9. The number of carbonyl (C=O) groups is 1. The van der Waals surface area contributed by atoms with Gasteiger partial charge in [-0.2, -0.15) is 0 Å². The van der Waals surface area contributed by atoms with Gasteiger partial charge in [0.2, 0.25) is 5.91 Å². The van der Waals surface area contributed by atoms with Gasteiger partial charge in [0.1, 0.15) is 5.75 Å². The summed E-state index contributed by atoms with van der Waals surface area (Å²) < 4.78 is 5.28. The molecule has 0 saturated carbocycles. The third kappa shape index (κ3) is 4.09. The Morgan fingerprint density at radius 3 is 2.55 bits per heavy atom. The number of aromatic hydroxyl groups is 1. The fraction of sp³-hybridized carbons (Fsp3) is 0.278. The van der Waals surface area contributed by atoms with Gasteiger partial charge >= 0.3 is 0 Å². The predicted molar refractivity (Wildman–Crippen MR) is 85.6 cm³/mol. The molecule has 0 unspecified atom stereocenters. The van der Waals surface area contributed by atoms with E-state index < -0.39 is 5.54 Å². The van der Waals surface area contributed by atoms with Crippen LogP contribution in [0.5, 0.6) is 5.75 Å². The van der Waals surface area contributed by atoms with Crippen molar-refractivity contribution in [2.75, 3.05) is 13.7 Å². The van der Waals surface area contributed by atoms with Crippen LogP contribution < -0.4 is 5.32 Å². The molecular formula is C18H21NO3. The summed E-state index contributed by atoms with van der Waals surface area (Å²) in [6, 6.07) is 16.5. The smallest absolute Gasteiger partial charge is 0.225 e. The summed E-state index contributed by atoms with van der Waals surface area (Å²) in [7, 11) is 1.61. The van der Waals surface area contributed by atoms with Gasteiger partial charge in [0.15, 0.2) is 0 Å². The summed E-state index contributed by atoms with van der Waals surface area (Å²) in [4.78, 5) is 12.3. The highest BCUT2D eigenvalue weighted by Gasteiger charge is 2.28. The number of phenolic OH excluding ortho intramolecular Hbond substituents is 1. The maximum absolute atomic E-state index is 12.3. The molecule has 2 aromatic rings. The normalized spacial score (nSPS) is 13.4. The minimum atomic E-state index is -0.593. The molecular weight excluding hydrogens is 278 g/mol. The molecule has 0 saturated heterocycles. The van der Waals surface area contributed by atoms with E-state index in [0.717, 1.165) is 11.1 Å². The highest BCUT2D eigenvalue weighted by molar-refractivity contribution is 5.79. The monoisotopic (exact) mass is 299 g/mol. The number of benzene rings is 2. The van der Waals surface area contributed by atoms with Gasteiger partial charge in [-0.25, -0.2) is 0 Å². The Bertz CT molecular complexity index is 627. The van der Waals surface area contributed by atoms with E-state index in [1.165, 1.54) is 0 Å². The molecule has 4 heteroatoms. The van der Waals surface area contributed by atoms with E-state index in [4.69, 9.17) is 4.74 Å². The van der Waals surface area contributed by atoms with Crippen LogP contribution in [0.15, 0.2) is 54.6 Å². The maximum atomic E-state index is 12.3. The fourth-order valence-corrected chi connectivity index (χ4v) is 2.49. The molecule has 0 fully saturated rings. The molecule has 2 aromatic carbocycles. The Labute approximate surface area is 130 Å². The molecule has 0 radical (unpaired) electrons. The van der Waals surface area contributed by atoms with Crippen molar-refractivity contribution in [3.8, 4) is 5.75 Å². The van der Waals surface area contributed by atoms with Gasteiger partial charge < -0.3 is 15.2 Å². The number of rotatable bonds is 6. The summed E-state index contributed by atoms with van der Waals surface area (Å²) in [6.07, 6.45) is 0.209. The quantitative estimate of drug-likeness (QED) is 0.862. The van der Waals surface area contributed by atoms with Crippen LogP contribution in [-0.2, 0) is 21.5 Å². The second kappa shape index (κ2) is 7.09. The lowest BCUT2D eigenvalue weighted by atomic mass is 9.92. The standard InChI is InChI=1S/C18H21NO3/c1-18(13-22-2,15-8-4-3-5-9-15)19-17(21)12-14-7-6-10-16(20)11-14/h3-11,20H,12-13H2,1-2H3,(H,19,21)/t18-/m0/s1. The van der Waals surface area contributed by atoms with Crippen molar-refractivity contribution in [3.63, 3.8) is 0 Å². The van der Waals surface area contributed by atoms with Gasteiger partial charge in [-0.1, -0.05) is 42.5 Å². The lowest BCUT2D eigenvalue weighted by molar-refractivity contribution is -0.123. The molecule has 22 heavy (non-hydrogen) atoms. The van der Waals surface area contributed by atoms with E-state index >= 15 is 0 Å². The van der Waals surface area contributed by atoms with E-state index in [9.17, 15) is 9.90 Å². The average molecular weight is 299 g/mol. The molecule has 0 heterocycles. The van der Waals surface area contributed by atoms with E-state index in [2.05, 4.69) is 5.32 Å². The lowest BCUT2D eigenvalue weighted by Crippen LogP contribution is -2.47. The zero-order valence-corrected chi connectivity index (χ0v) is 12.9. The number of hydrogen-bond acceptors (Lipinski definition) is 3. The largest absolute Gasteiger partial charge is 0.508 e. The van der Waals surface area contributed by atoms with Crippen molar-refractivity contribution in [2.24, 2.45) is 0 Å². The number of methoxy groups -OCH3 is 1. The van der Waals surface area contributed by atoms with Gasteiger partial charge in [0.25, 0.3) is 0 Å². The first-order valence-electron chi connectivity index (χ1n) is 7.17. The Kier molecular flexibility index (Phi) is 5.17. The number of ether oxygens (including phenoxy) is 1. The van der Waals surface area contributed by atoms with Crippen LogP contribution in [0.25, 0.3) is 0 Å². The number of amides is 1. The molecule has 2 rings (SSSR count). The molecule has 0 aliphatic heterocycles. The van der Waals surface area contributed by atoms with Gasteiger partial charge in [-0.15, -0.1) is 0 Å². The van der Waals surface area contributed by atoms with E-state index in [1.807, 2.05) is 43.3 Å². The minimum Gasteiger partial charge on any atom is -0.508 e. The fourth-order valence-electron chi connectivity index (χ4n) is 2.49. The number of phenols is 1. The van der Waals surface area contributed by atoms with Crippen LogP contribution in [0, 0.1) is 0 Å². The van der Waals surface area contributed by atoms with Crippen molar-refractivity contribution in [3.05, 3.63) is 65.7 Å². The van der Waals surface area contributed by atoms with Crippen molar-refractivity contribution >= 4 is 5.91 Å². The van der Waals surface area contributed by atoms with E-state index in [1.54, 1.807) is 25.3 Å².